The largest absolute Gasteiger partial charge is 0.493 e. The standard InChI is InChI=1S/C24H19ClN2O5S/c1-4-31-17-7-5-13(9-18(17)30-3)20-19-21(28)15-10-14(25)6-8-16(15)32-22(19)23(29)27(20)24-26-12(2)11-33-24/h5-11,20H,4H2,1-3H3/t20-/m1/s1. The molecular weight excluding hydrogens is 464 g/mol. The highest BCUT2D eigenvalue weighted by molar-refractivity contribution is 7.14. The molecule has 2 aromatic carbocycles. The first kappa shape index (κ1) is 21.5. The molecule has 0 spiro atoms. The van der Waals surface area contributed by atoms with Crippen LogP contribution in [-0.2, 0) is 0 Å². The fourth-order valence-corrected chi connectivity index (χ4v) is 5.04. The normalized spacial score (nSPS) is 15.2. The highest BCUT2D eigenvalue weighted by Crippen LogP contribution is 2.44. The summed E-state index contributed by atoms with van der Waals surface area (Å²) in [7, 11) is 1.54. The summed E-state index contributed by atoms with van der Waals surface area (Å²) in [4.78, 5) is 33.2. The van der Waals surface area contributed by atoms with Crippen LogP contribution in [0.4, 0.5) is 5.13 Å². The lowest BCUT2D eigenvalue weighted by Gasteiger charge is -2.23. The number of fused-ring (bicyclic) bond motifs is 2. The second-order valence-electron chi connectivity index (χ2n) is 7.51. The van der Waals surface area contributed by atoms with E-state index in [-0.39, 0.29) is 16.8 Å². The number of anilines is 1. The predicted molar refractivity (Wildman–Crippen MR) is 127 cm³/mol. The molecule has 0 N–H and O–H groups in total. The van der Waals surface area contributed by atoms with Gasteiger partial charge in [0.2, 0.25) is 5.76 Å². The van der Waals surface area contributed by atoms with E-state index in [1.165, 1.54) is 16.2 Å². The SMILES string of the molecule is CCOc1ccc([C@@H]2c3c(oc4ccc(Cl)cc4c3=O)C(=O)N2c2nc(C)cs2)cc1OC. The smallest absolute Gasteiger partial charge is 0.297 e. The number of ether oxygens (including phenoxy) is 2. The fraction of sp³-hybridized carbons (Fsp3) is 0.208. The molecule has 1 amide bonds. The molecule has 4 aromatic rings. The Hall–Kier alpha value is -3.36. The number of hydrogen-bond donors (Lipinski definition) is 0. The lowest BCUT2D eigenvalue weighted by molar-refractivity contribution is 0.0971. The zero-order valence-electron chi connectivity index (χ0n) is 18.0. The maximum absolute atomic E-state index is 13.6. The molecule has 0 aliphatic carbocycles. The lowest BCUT2D eigenvalue weighted by Crippen LogP contribution is -2.29. The first-order valence-electron chi connectivity index (χ1n) is 10.3. The van der Waals surface area contributed by atoms with Gasteiger partial charge in [-0.3, -0.25) is 14.5 Å². The Morgan fingerprint density at radius 2 is 2.00 bits per heavy atom. The van der Waals surface area contributed by atoms with Gasteiger partial charge in [-0.15, -0.1) is 11.3 Å². The molecule has 1 aliphatic rings. The molecule has 0 saturated carbocycles. The third-order valence-electron chi connectivity index (χ3n) is 5.45. The van der Waals surface area contributed by atoms with E-state index < -0.39 is 11.9 Å². The van der Waals surface area contributed by atoms with Crippen LogP contribution in [-0.4, -0.2) is 24.6 Å². The monoisotopic (exact) mass is 482 g/mol. The summed E-state index contributed by atoms with van der Waals surface area (Å²) >= 11 is 7.47. The van der Waals surface area contributed by atoms with E-state index in [1.807, 2.05) is 25.3 Å². The number of carbonyl (C=O) groups excluding carboxylic acids is 1. The molecule has 0 unspecified atom stereocenters. The Morgan fingerprint density at radius 3 is 2.70 bits per heavy atom. The summed E-state index contributed by atoms with van der Waals surface area (Å²) in [5.74, 6) is 0.646. The molecule has 0 radical (unpaired) electrons. The van der Waals surface area contributed by atoms with Gasteiger partial charge in [0.25, 0.3) is 5.91 Å². The first-order valence-corrected chi connectivity index (χ1v) is 11.5. The topological polar surface area (TPSA) is 81.9 Å². The highest BCUT2D eigenvalue weighted by Gasteiger charge is 2.45. The van der Waals surface area contributed by atoms with Crippen molar-refractivity contribution in [3.05, 3.63) is 79.6 Å². The minimum Gasteiger partial charge on any atom is -0.493 e. The maximum Gasteiger partial charge on any atom is 0.297 e. The number of methoxy groups -OCH3 is 1. The van der Waals surface area contributed by atoms with E-state index in [1.54, 1.807) is 37.4 Å². The number of carbonyl (C=O) groups is 1. The Balaban J connectivity index is 1.79. The molecule has 2 aromatic heterocycles. The van der Waals surface area contributed by atoms with Crippen molar-refractivity contribution in [2.24, 2.45) is 0 Å². The van der Waals surface area contributed by atoms with Gasteiger partial charge < -0.3 is 13.9 Å². The van der Waals surface area contributed by atoms with Gasteiger partial charge in [0.15, 0.2) is 22.1 Å². The van der Waals surface area contributed by atoms with Crippen molar-refractivity contribution in [2.45, 2.75) is 19.9 Å². The fourth-order valence-electron chi connectivity index (χ4n) is 4.04. The molecule has 3 heterocycles. The van der Waals surface area contributed by atoms with Crippen molar-refractivity contribution in [3.63, 3.8) is 0 Å². The second-order valence-corrected chi connectivity index (χ2v) is 8.78. The van der Waals surface area contributed by atoms with Gasteiger partial charge in [0.1, 0.15) is 5.58 Å². The highest BCUT2D eigenvalue weighted by atomic mass is 35.5. The molecule has 1 aliphatic heterocycles. The molecule has 1 atom stereocenters. The number of aryl methyl sites for hydroxylation is 1. The molecule has 9 heteroatoms. The lowest BCUT2D eigenvalue weighted by atomic mass is 9.98. The summed E-state index contributed by atoms with van der Waals surface area (Å²) < 4.78 is 17.1. The van der Waals surface area contributed by atoms with Gasteiger partial charge in [-0.25, -0.2) is 4.98 Å². The van der Waals surface area contributed by atoms with Crippen LogP contribution in [0.5, 0.6) is 11.5 Å². The van der Waals surface area contributed by atoms with Gasteiger partial charge in [-0.05, 0) is 49.7 Å². The van der Waals surface area contributed by atoms with Crippen LogP contribution in [0.15, 0.2) is 51.0 Å². The number of halogens is 1. The van der Waals surface area contributed by atoms with Crippen molar-refractivity contribution in [1.29, 1.82) is 0 Å². The number of hydrogen-bond acceptors (Lipinski definition) is 7. The van der Waals surface area contributed by atoms with Gasteiger partial charge in [0.05, 0.1) is 36.4 Å². The Morgan fingerprint density at radius 1 is 1.18 bits per heavy atom. The molecule has 168 valence electrons. The number of aromatic nitrogens is 1. The summed E-state index contributed by atoms with van der Waals surface area (Å²) in [6.07, 6.45) is 0. The minimum absolute atomic E-state index is 0.000488. The number of nitrogens with zero attached hydrogens (tertiary/aromatic N) is 2. The van der Waals surface area contributed by atoms with E-state index in [9.17, 15) is 9.59 Å². The number of rotatable bonds is 5. The van der Waals surface area contributed by atoms with E-state index in [0.717, 1.165) is 5.69 Å². The van der Waals surface area contributed by atoms with Crippen molar-refractivity contribution in [1.82, 2.24) is 4.98 Å². The van der Waals surface area contributed by atoms with Crippen molar-refractivity contribution < 1.29 is 18.7 Å². The van der Waals surface area contributed by atoms with Crippen LogP contribution < -0.4 is 19.8 Å². The van der Waals surface area contributed by atoms with Gasteiger partial charge in [0, 0.05) is 10.4 Å². The second kappa shape index (κ2) is 8.20. The molecular formula is C24H19ClN2O5S. The van der Waals surface area contributed by atoms with Crippen LogP contribution >= 0.6 is 22.9 Å². The minimum atomic E-state index is -0.748. The molecule has 0 bridgehead atoms. The quantitative estimate of drug-likeness (QED) is 0.380. The number of amides is 1. The third kappa shape index (κ3) is 3.46. The number of thiazole rings is 1. The maximum atomic E-state index is 13.6. The van der Waals surface area contributed by atoms with Crippen molar-refractivity contribution >= 4 is 44.9 Å². The predicted octanol–water partition coefficient (Wildman–Crippen LogP) is 5.37. The van der Waals surface area contributed by atoms with Crippen molar-refractivity contribution in [2.75, 3.05) is 18.6 Å². The molecule has 5 rings (SSSR count). The summed E-state index contributed by atoms with van der Waals surface area (Å²) in [5, 5.41) is 3.05. The van der Waals surface area contributed by atoms with E-state index in [0.29, 0.717) is 44.8 Å². The summed E-state index contributed by atoms with van der Waals surface area (Å²) in [5.41, 5.74) is 1.68. The Labute approximate surface area is 198 Å². The van der Waals surface area contributed by atoms with E-state index in [2.05, 4.69) is 4.98 Å². The Bertz CT molecular complexity index is 1460. The average molecular weight is 483 g/mol. The molecule has 0 saturated heterocycles. The first-order chi connectivity index (χ1) is 15.9. The van der Waals surface area contributed by atoms with Crippen LogP contribution in [0.25, 0.3) is 11.0 Å². The summed E-state index contributed by atoms with van der Waals surface area (Å²) in [6.45, 7) is 4.21. The van der Waals surface area contributed by atoms with Crippen molar-refractivity contribution in [3.8, 4) is 11.5 Å². The molecule has 7 nitrogen and oxygen atoms in total. The zero-order chi connectivity index (χ0) is 23.3. The summed E-state index contributed by atoms with van der Waals surface area (Å²) in [6, 6.07) is 9.38. The molecule has 33 heavy (non-hydrogen) atoms. The van der Waals surface area contributed by atoms with E-state index >= 15 is 0 Å². The van der Waals surface area contributed by atoms with E-state index in [4.69, 9.17) is 25.5 Å². The van der Waals surface area contributed by atoms with Crippen LogP contribution in [0.3, 0.4) is 0 Å². The Kier molecular flexibility index (Phi) is 5.34. The van der Waals surface area contributed by atoms with Gasteiger partial charge in [-0.2, -0.15) is 0 Å². The third-order valence-corrected chi connectivity index (χ3v) is 6.64. The van der Waals surface area contributed by atoms with Gasteiger partial charge in [-0.1, -0.05) is 17.7 Å². The van der Waals surface area contributed by atoms with Crippen LogP contribution in [0.2, 0.25) is 5.02 Å². The van der Waals surface area contributed by atoms with Crippen LogP contribution in [0, 0.1) is 6.92 Å². The zero-order valence-corrected chi connectivity index (χ0v) is 19.6. The van der Waals surface area contributed by atoms with Crippen LogP contribution in [0.1, 0.15) is 40.3 Å². The molecule has 0 fully saturated rings. The average Bonchev–Trinajstić information content (AvgIpc) is 3.36. The number of benzene rings is 2. The van der Waals surface area contributed by atoms with Gasteiger partial charge >= 0.3 is 0 Å².